The van der Waals surface area contributed by atoms with Gasteiger partial charge in [0.1, 0.15) is 19.5 Å². The number of benzene rings is 1. The molecule has 1 rings (SSSR count). The molecule has 1 aromatic rings. The molecule has 26 heavy (non-hydrogen) atoms. The molecule has 1 atom stereocenters. The summed E-state index contributed by atoms with van der Waals surface area (Å²) < 4.78 is 27.9. The Balaban J connectivity index is 2.30. The van der Waals surface area contributed by atoms with Gasteiger partial charge in [0.15, 0.2) is 0 Å². The first-order chi connectivity index (χ1) is 12.1. The van der Waals surface area contributed by atoms with Crippen molar-refractivity contribution in [3.63, 3.8) is 0 Å². The van der Waals surface area contributed by atoms with Crippen molar-refractivity contribution in [1.29, 1.82) is 0 Å². The SMILES string of the molecule is COP(=O)(CNC(=O)CNC(=O)OCc1ccccc1)COC(C)(C)C. The fourth-order valence-corrected chi connectivity index (χ4v) is 2.98. The van der Waals surface area contributed by atoms with Gasteiger partial charge in [0.05, 0.1) is 11.9 Å². The van der Waals surface area contributed by atoms with Gasteiger partial charge in [-0.25, -0.2) is 4.79 Å². The van der Waals surface area contributed by atoms with Crippen LogP contribution in [0.3, 0.4) is 0 Å². The predicted molar refractivity (Wildman–Crippen MR) is 98.0 cm³/mol. The van der Waals surface area contributed by atoms with Crippen LogP contribution < -0.4 is 10.6 Å². The van der Waals surface area contributed by atoms with Crippen LogP contribution in [0.15, 0.2) is 30.3 Å². The smallest absolute Gasteiger partial charge is 0.407 e. The molecule has 0 spiro atoms. The normalized spacial score (nSPS) is 13.5. The molecule has 0 aromatic heterocycles. The highest BCUT2D eigenvalue weighted by atomic mass is 31.2. The molecule has 1 unspecified atom stereocenters. The molecule has 0 saturated carbocycles. The summed E-state index contributed by atoms with van der Waals surface area (Å²) in [7, 11) is -1.85. The fraction of sp³-hybridized carbons (Fsp3) is 0.529. The number of amides is 2. The van der Waals surface area contributed by atoms with Gasteiger partial charge in [-0.05, 0) is 26.3 Å². The lowest BCUT2D eigenvalue weighted by Gasteiger charge is -2.24. The maximum Gasteiger partial charge on any atom is 0.407 e. The Morgan fingerprint density at radius 2 is 1.77 bits per heavy atom. The lowest BCUT2D eigenvalue weighted by molar-refractivity contribution is -0.119. The van der Waals surface area contributed by atoms with Gasteiger partial charge < -0.3 is 24.6 Å². The molecule has 2 N–H and O–H groups in total. The minimum Gasteiger partial charge on any atom is -0.445 e. The van der Waals surface area contributed by atoms with Crippen molar-refractivity contribution in [3.8, 4) is 0 Å². The van der Waals surface area contributed by atoms with Crippen molar-refractivity contribution in [2.24, 2.45) is 0 Å². The van der Waals surface area contributed by atoms with Crippen LogP contribution in [0.5, 0.6) is 0 Å². The number of hydrogen-bond donors (Lipinski definition) is 2. The lowest BCUT2D eigenvalue weighted by Crippen LogP contribution is -2.38. The summed E-state index contributed by atoms with van der Waals surface area (Å²) >= 11 is 0. The molecule has 2 amide bonds. The summed E-state index contributed by atoms with van der Waals surface area (Å²) in [6, 6.07) is 9.17. The Hall–Kier alpha value is -1.89. The van der Waals surface area contributed by atoms with Gasteiger partial charge in [0, 0.05) is 7.11 Å². The number of ether oxygens (including phenoxy) is 2. The van der Waals surface area contributed by atoms with E-state index in [2.05, 4.69) is 10.6 Å². The second-order valence-corrected chi connectivity index (χ2v) is 9.12. The molecule has 0 radical (unpaired) electrons. The predicted octanol–water partition coefficient (Wildman–Crippen LogP) is 2.68. The number of hydrogen-bond acceptors (Lipinski definition) is 6. The van der Waals surface area contributed by atoms with E-state index in [1.54, 1.807) is 0 Å². The van der Waals surface area contributed by atoms with Crippen molar-refractivity contribution in [1.82, 2.24) is 10.6 Å². The Morgan fingerprint density at radius 1 is 1.12 bits per heavy atom. The van der Waals surface area contributed by atoms with Crippen LogP contribution in [-0.2, 0) is 30.0 Å². The van der Waals surface area contributed by atoms with Gasteiger partial charge >= 0.3 is 6.09 Å². The topological polar surface area (TPSA) is 103 Å². The van der Waals surface area contributed by atoms with Crippen LogP contribution in [-0.4, -0.2) is 43.9 Å². The standard InChI is InChI=1S/C17H27N2O6P/c1-17(2,3)25-13-26(22,23-4)12-19-15(20)10-18-16(21)24-11-14-8-6-5-7-9-14/h5-9H,10-13H2,1-4H3,(H,18,21)(H,19,20). The van der Waals surface area contributed by atoms with Gasteiger partial charge in [-0.2, -0.15) is 0 Å². The quantitative estimate of drug-likeness (QED) is 0.633. The molecule has 0 aliphatic carbocycles. The average Bonchev–Trinajstić information content (AvgIpc) is 2.61. The van der Waals surface area contributed by atoms with Crippen LogP contribution in [0.4, 0.5) is 4.79 Å². The molecule has 0 aliphatic heterocycles. The number of nitrogens with one attached hydrogen (secondary N) is 2. The first-order valence-electron chi connectivity index (χ1n) is 8.12. The minimum absolute atomic E-state index is 0.108. The largest absolute Gasteiger partial charge is 0.445 e. The van der Waals surface area contributed by atoms with Crippen LogP contribution in [0, 0.1) is 0 Å². The van der Waals surface area contributed by atoms with Crippen molar-refractivity contribution in [3.05, 3.63) is 35.9 Å². The number of alkyl carbamates (subject to hydrolysis) is 1. The highest BCUT2D eigenvalue weighted by molar-refractivity contribution is 7.58. The Kier molecular flexibility index (Phi) is 8.78. The summed E-state index contributed by atoms with van der Waals surface area (Å²) in [6.07, 6.45) is -1.01. The molecular weight excluding hydrogens is 359 g/mol. The van der Waals surface area contributed by atoms with Crippen molar-refractivity contribution in [2.45, 2.75) is 33.0 Å². The summed E-state index contributed by atoms with van der Waals surface area (Å²) in [5.74, 6) is -0.505. The van der Waals surface area contributed by atoms with E-state index in [0.717, 1.165) is 5.56 Å². The highest BCUT2D eigenvalue weighted by Crippen LogP contribution is 2.45. The molecular formula is C17H27N2O6P. The molecule has 0 bridgehead atoms. The zero-order valence-electron chi connectivity index (χ0n) is 15.6. The summed E-state index contributed by atoms with van der Waals surface area (Å²) in [5.41, 5.74) is 0.370. The van der Waals surface area contributed by atoms with E-state index in [1.165, 1.54) is 7.11 Å². The van der Waals surface area contributed by atoms with Gasteiger partial charge in [0.25, 0.3) is 0 Å². The minimum atomic E-state index is -3.15. The first kappa shape index (κ1) is 22.2. The third-order valence-electron chi connectivity index (χ3n) is 3.15. The van der Waals surface area contributed by atoms with Crippen molar-refractivity contribution in [2.75, 3.05) is 26.3 Å². The zero-order chi connectivity index (χ0) is 19.6. The van der Waals surface area contributed by atoms with E-state index in [9.17, 15) is 14.2 Å². The fourth-order valence-electron chi connectivity index (χ4n) is 1.65. The highest BCUT2D eigenvalue weighted by Gasteiger charge is 2.26. The summed E-state index contributed by atoms with van der Waals surface area (Å²) in [5, 5.41) is 4.79. The van der Waals surface area contributed by atoms with Crippen LogP contribution in [0.25, 0.3) is 0 Å². The molecule has 1 aromatic carbocycles. The molecule has 9 heteroatoms. The van der Waals surface area contributed by atoms with Gasteiger partial charge in [-0.1, -0.05) is 30.3 Å². The summed E-state index contributed by atoms with van der Waals surface area (Å²) in [6.45, 7) is 5.30. The zero-order valence-corrected chi connectivity index (χ0v) is 16.5. The average molecular weight is 386 g/mol. The molecule has 0 heterocycles. The van der Waals surface area contributed by atoms with E-state index in [0.29, 0.717) is 0 Å². The number of carbonyl (C=O) groups excluding carboxylic acids is 2. The number of rotatable bonds is 9. The Bertz CT molecular complexity index is 630. The van der Waals surface area contributed by atoms with E-state index >= 15 is 0 Å². The van der Waals surface area contributed by atoms with E-state index in [-0.39, 0.29) is 25.8 Å². The van der Waals surface area contributed by atoms with Crippen molar-refractivity contribution >= 4 is 19.4 Å². The monoisotopic (exact) mass is 386 g/mol. The molecule has 8 nitrogen and oxygen atoms in total. The molecule has 0 saturated heterocycles. The Morgan fingerprint density at radius 3 is 2.35 bits per heavy atom. The second-order valence-electron chi connectivity index (χ2n) is 6.56. The molecule has 0 fully saturated rings. The van der Waals surface area contributed by atoms with E-state index in [1.807, 2.05) is 51.1 Å². The second kappa shape index (κ2) is 10.3. The van der Waals surface area contributed by atoms with Gasteiger partial charge in [-0.15, -0.1) is 0 Å². The van der Waals surface area contributed by atoms with Crippen LogP contribution in [0.1, 0.15) is 26.3 Å². The van der Waals surface area contributed by atoms with E-state index in [4.69, 9.17) is 14.0 Å². The Labute approximate surface area is 154 Å². The third-order valence-corrected chi connectivity index (χ3v) is 4.98. The lowest BCUT2D eigenvalue weighted by atomic mass is 10.2. The van der Waals surface area contributed by atoms with Gasteiger partial charge in [-0.3, -0.25) is 9.36 Å². The summed E-state index contributed by atoms with van der Waals surface area (Å²) in [4.78, 5) is 23.4. The first-order valence-corrected chi connectivity index (χ1v) is 10.1. The van der Waals surface area contributed by atoms with Crippen molar-refractivity contribution < 1.29 is 28.2 Å². The third kappa shape index (κ3) is 9.56. The van der Waals surface area contributed by atoms with Crippen LogP contribution >= 0.6 is 7.37 Å². The molecule has 0 aliphatic rings. The van der Waals surface area contributed by atoms with E-state index < -0.39 is 25.0 Å². The maximum absolute atomic E-state index is 12.5. The maximum atomic E-state index is 12.5. The van der Waals surface area contributed by atoms with Crippen LogP contribution in [0.2, 0.25) is 0 Å². The van der Waals surface area contributed by atoms with Gasteiger partial charge in [0.2, 0.25) is 13.3 Å². The molecule has 146 valence electrons. The number of carbonyl (C=O) groups is 2.